The number of Topliss-reactive ketones (excluding diaryl/α,β-unsaturated/α-hetero) is 2. The maximum atomic E-state index is 15.2. The van der Waals surface area contributed by atoms with Crippen LogP contribution >= 0.6 is 0 Å². The Morgan fingerprint density at radius 2 is 1.71 bits per heavy atom. The van der Waals surface area contributed by atoms with E-state index in [-0.39, 0.29) is 18.6 Å². The molecule has 7 rings (SSSR count). The second-order valence-corrected chi connectivity index (χ2v) is 19.6. The zero-order valence-corrected chi connectivity index (χ0v) is 39.6. The second-order valence-electron chi connectivity index (χ2n) is 19.6. The average Bonchev–Trinajstić information content (AvgIpc) is 3.73. The van der Waals surface area contributed by atoms with Gasteiger partial charge in [-0.1, -0.05) is 62.3 Å². The Bertz CT molecular complexity index is 2210. The van der Waals surface area contributed by atoms with Crippen LogP contribution in [0.4, 0.5) is 9.18 Å². The van der Waals surface area contributed by atoms with Crippen molar-refractivity contribution in [1.82, 2.24) is 30.1 Å². The first kappa shape index (κ1) is 49.3. The summed E-state index contributed by atoms with van der Waals surface area (Å²) in [7, 11) is 3.33. The number of nitrogens with zero attached hydrogens (tertiary/aromatic N) is 6. The van der Waals surface area contributed by atoms with Crippen molar-refractivity contribution in [3.05, 3.63) is 54.2 Å². The number of ether oxygens (including phenoxy) is 5. The summed E-state index contributed by atoms with van der Waals surface area (Å²) in [5.74, 6) is 0.716. The number of alkyl halides is 1. The van der Waals surface area contributed by atoms with Gasteiger partial charge in [-0.3, -0.25) is 14.4 Å². The molecule has 4 aliphatic rings. The summed E-state index contributed by atoms with van der Waals surface area (Å²) in [5, 5.41) is 25.4. The summed E-state index contributed by atoms with van der Waals surface area (Å²) in [4.78, 5) is 57.5. The fourth-order valence-electron chi connectivity index (χ4n) is 10.7. The van der Waals surface area contributed by atoms with E-state index in [2.05, 4.69) is 15.5 Å². The van der Waals surface area contributed by atoms with E-state index in [1.807, 2.05) is 43.1 Å². The number of hydrazine groups is 1. The lowest BCUT2D eigenvalue weighted by atomic mass is 9.73. The van der Waals surface area contributed by atoms with Crippen molar-refractivity contribution in [2.45, 2.75) is 160 Å². The number of likely N-dealkylation sites (N-methyl/N-ethyl adjacent to an activating group) is 1. The number of nitrogens with two attached hydrogens (primary N) is 1. The first-order valence-corrected chi connectivity index (χ1v) is 23.0. The summed E-state index contributed by atoms with van der Waals surface area (Å²) < 4.78 is 52.6. The number of aromatic nitrogens is 4. The van der Waals surface area contributed by atoms with E-state index in [0.29, 0.717) is 37.9 Å². The highest BCUT2D eigenvalue weighted by Gasteiger charge is 2.61. The summed E-state index contributed by atoms with van der Waals surface area (Å²) in [6, 6.07) is 6.38. The number of methoxy groups -OCH3 is 1. The Hall–Kier alpha value is -4.66. The fourth-order valence-corrected chi connectivity index (χ4v) is 10.7. The highest BCUT2D eigenvalue weighted by molar-refractivity contribution is 6.00. The van der Waals surface area contributed by atoms with Gasteiger partial charge in [-0.15, -0.1) is 5.10 Å². The van der Waals surface area contributed by atoms with Crippen LogP contribution in [0, 0.1) is 23.7 Å². The first-order chi connectivity index (χ1) is 31.2. The fraction of sp³-hybridized carbons (Fsp3) is 0.681. The van der Waals surface area contributed by atoms with E-state index >= 15 is 4.39 Å². The molecule has 5 heterocycles. The van der Waals surface area contributed by atoms with E-state index in [1.54, 1.807) is 64.9 Å². The molecule has 1 aromatic carbocycles. The highest BCUT2D eigenvalue weighted by atomic mass is 19.1. The zero-order valence-electron chi connectivity index (χ0n) is 39.6. The molecule has 3 aromatic rings. The van der Waals surface area contributed by atoms with Gasteiger partial charge in [0.1, 0.15) is 47.9 Å². The predicted molar refractivity (Wildman–Crippen MR) is 235 cm³/mol. The lowest BCUT2D eigenvalue weighted by molar-refractivity contribution is -0.296. The van der Waals surface area contributed by atoms with Gasteiger partial charge in [-0.05, 0) is 65.1 Å². The van der Waals surface area contributed by atoms with Crippen LogP contribution in [0.2, 0.25) is 0 Å². The Balaban J connectivity index is 1.07. The van der Waals surface area contributed by atoms with Crippen LogP contribution in [-0.4, -0.2) is 140 Å². The second kappa shape index (κ2) is 19.1. The van der Waals surface area contributed by atoms with E-state index < -0.39 is 107 Å². The van der Waals surface area contributed by atoms with E-state index in [9.17, 15) is 24.3 Å². The molecular weight excluding hydrogens is 858 g/mol. The smallest absolute Gasteiger partial charge is 0.425 e. The lowest BCUT2D eigenvalue weighted by Crippen LogP contribution is -2.61. The van der Waals surface area contributed by atoms with Crippen LogP contribution in [0.15, 0.2) is 47.4 Å². The molecule has 66 heavy (non-hydrogen) atoms. The number of aliphatic hydroxyl groups is 1. The van der Waals surface area contributed by atoms with Crippen LogP contribution in [0.5, 0.6) is 0 Å². The van der Waals surface area contributed by atoms with Crippen molar-refractivity contribution in [2.24, 2.45) is 29.5 Å². The summed E-state index contributed by atoms with van der Waals surface area (Å²) >= 11 is 0. The zero-order chi connectivity index (χ0) is 48.0. The van der Waals surface area contributed by atoms with E-state index in [0.717, 1.165) is 21.7 Å². The Morgan fingerprint density at radius 3 is 2.33 bits per heavy atom. The van der Waals surface area contributed by atoms with Gasteiger partial charge in [0.2, 0.25) is 0 Å². The molecule has 3 aliphatic heterocycles. The van der Waals surface area contributed by atoms with Crippen LogP contribution in [0.25, 0.3) is 11.1 Å². The molecule has 0 bridgehead atoms. The van der Waals surface area contributed by atoms with Gasteiger partial charge < -0.3 is 38.2 Å². The maximum absolute atomic E-state index is 15.2. The SMILES string of the molecule is CC[C@H]1OC(=O)[C@H](C)C(=O)[C@H](C)[C@@H](O[C@@H]2O[C@H](C)C[C@H](N(C)CCc3cn(C4(Cc5ccc(-c6cnoc6)cc5)CC4F)nn3)[C@H]2O)[C@](C)(OC)C[C@@H](C)C(=O)[C@H](C)[C@H]2N(N)C(=O)O[C@]12C. The number of hydrogen-bond donors (Lipinski definition) is 2. The molecule has 0 spiro atoms. The van der Waals surface area contributed by atoms with Crippen LogP contribution in [0.3, 0.4) is 0 Å². The van der Waals surface area contributed by atoms with Gasteiger partial charge in [0.25, 0.3) is 0 Å². The first-order valence-electron chi connectivity index (χ1n) is 23.0. The number of aliphatic hydroxyl groups excluding tert-OH is 1. The molecule has 362 valence electrons. The van der Waals surface area contributed by atoms with E-state index in [4.69, 9.17) is 34.1 Å². The number of halogens is 1. The molecule has 1 amide bonds. The molecule has 3 saturated heterocycles. The molecule has 1 aliphatic carbocycles. The van der Waals surface area contributed by atoms with E-state index in [1.165, 1.54) is 14.0 Å². The Labute approximate surface area is 384 Å². The Morgan fingerprint density at radius 1 is 1.02 bits per heavy atom. The van der Waals surface area contributed by atoms with Crippen molar-refractivity contribution in [3.8, 4) is 11.1 Å². The average molecular weight is 924 g/mol. The number of rotatable bonds is 12. The summed E-state index contributed by atoms with van der Waals surface area (Å²) in [6.45, 7) is 13.9. The highest BCUT2D eigenvalue weighted by Crippen LogP contribution is 2.49. The number of carbonyl (C=O) groups is 4. The molecule has 15 atom stereocenters. The molecule has 0 radical (unpaired) electrons. The van der Waals surface area contributed by atoms with Crippen molar-refractivity contribution < 1.29 is 56.9 Å². The van der Waals surface area contributed by atoms with Crippen LogP contribution in [0.1, 0.15) is 92.3 Å². The lowest BCUT2D eigenvalue weighted by Gasteiger charge is -2.47. The molecule has 19 heteroatoms. The quantitative estimate of drug-likeness (QED) is 0.110. The molecule has 3 N–H and O–H groups in total. The normalized spacial score (nSPS) is 37.9. The molecule has 2 aromatic heterocycles. The van der Waals surface area contributed by atoms with Gasteiger partial charge in [0.15, 0.2) is 17.7 Å². The summed E-state index contributed by atoms with van der Waals surface area (Å²) in [5.41, 5.74) is -0.242. The molecule has 2 unspecified atom stereocenters. The van der Waals surface area contributed by atoms with Crippen molar-refractivity contribution in [1.29, 1.82) is 0 Å². The molecular formula is C47H66FN7O11. The van der Waals surface area contributed by atoms with Gasteiger partial charge in [-0.2, -0.15) is 0 Å². The number of ketones is 2. The van der Waals surface area contributed by atoms with Crippen LogP contribution in [-0.2, 0) is 56.4 Å². The van der Waals surface area contributed by atoms with Gasteiger partial charge in [0, 0.05) is 68.5 Å². The monoisotopic (exact) mass is 923 g/mol. The predicted octanol–water partition coefficient (Wildman–Crippen LogP) is 4.60. The minimum Gasteiger partial charge on any atom is -0.458 e. The van der Waals surface area contributed by atoms with Gasteiger partial charge >= 0.3 is 12.1 Å². The third-order valence-corrected chi connectivity index (χ3v) is 14.9. The minimum absolute atomic E-state index is 0.0525. The van der Waals surface area contributed by atoms with Crippen molar-refractivity contribution >= 4 is 23.6 Å². The molecule has 4 fully saturated rings. The number of carbonyl (C=O) groups excluding carboxylic acids is 4. The third kappa shape index (κ3) is 9.30. The standard InChI is InChI=1S/C47H66FN7O11/c1-11-36-46(8)40(55(49)44(60)66-46)27(4)37(56)25(2)19-45(7,61-10)41(28(5)38(57)29(6)42(59)64-36)65-43-39(58)34(18-26(3)63-43)53(9)17-16-33-23-54(52-51-33)47(21-35(47)48)20-30-12-14-31(15-13-30)32-22-50-62-24-32/h12-15,22-29,34-36,39-41,43,58H,11,16-21,49H2,1-10H3/t25-,26-,27+,28+,29-,34+,35?,36-,39-,40-,41-,43+,45-,46-,47?/m1/s1. The third-order valence-electron chi connectivity index (χ3n) is 14.9. The minimum atomic E-state index is -1.50. The number of cyclic esters (lactones) is 1. The maximum Gasteiger partial charge on any atom is 0.425 e. The number of hydrogen-bond acceptors (Lipinski definition) is 16. The molecule has 1 saturated carbocycles. The number of esters is 1. The van der Waals surface area contributed by atoms with Crippen molar-refractivity contribution in [2.75, 3.05) is 20.7 Å². The number of amides is 1. The number of benzene rings is 1. The van der Waals surface area contributed by atoms with Crippen LogP contribution < -0.4 is 5.84 Å². The Kier molecular flexibility index (Phi) is 14.3. The topological polar surface area (TPSA) is 224 Å². The largest absolute Gasteiger partial charge is 0.458 e. The molecule has 18 nitrogen and oxygen atoms in total. The summed E-state index contributed by atoms with van der Waals surface area (Å²) in [6.07, 6.45) is -0.0239. The number of fused-ring (bicyclic) bond motifs is 1. The van der Waals surface area contributed by atoms with Gasteiger partial charge in [-0.25, -0.2) is 24.7 Å². The van der Waals surface area contributed by atoms with Gasteiger partial charge in [0.05, 0.1) is 29.7 Å². The van der Waals surface area contributed by atoms with Crippen molar-refractivity contribution in [3.63, 3.8) is 0 Å².